The van der Waals surface area contributed by atoms with E-state index in [-0.39, 0.29) is 0 Å². The highest BCUT2D eigenvalue weighted by atomic mass is 79.9. The highest BCUT2D eigenvalue weighted by Gasteiger charge is 2.09. The zero-order valence-electron chi connectivity index (χ0n) is 11.4. The van der Waals surface area contributed by atoms with Gasteiger partial charge >= 0.3 is 0 Å². The molecule has 0 saturated heterocycles. The molecule has 0 saturated carbocycles. The molecular formula is C13H16BrN3O2S. The molecule has 0 spiro atoms. The molecule has 5 nitrogen and oxygen atoms in total. The van der Waals surface area contributed by atoms with Gasteiger partial charge in [-0.3, -0.25) is 0 Å². The first-order chi connectivity index (χ1) is 9.72. The number of ether oxygens (including phenoxy) is 2. The van der Waals surface area contributed by atoms with Gasteiger partial charge in [-0.1, -0.05) is 23.4 Å². The van der Waals surface area contributed by atoms with Crippen LogP contribution in [0.5, 0.6) is 16.7 Å². The maximum Gasteiger partial charge on any atom is 0.299 e. The topological polar surface area (TPSA) is 56.3 Å². The number of halogens is 1. The van der Waals surface area contributed by atoms with E-state index in [1.165, 1.54) is 11.3 Å². The third kappa shape index (κ3) is 4.16. The van der Waals surface area contributed by atoms with E-state index in [0.717, 1.165) is 34.7 Å². The number of aromatic nitrogens is 2. The largest absolute Gasteiger partial charge is 0.497 e. The molecule has 1 heterocycles. The van der Waals surface area contributed by atoms with Gasteiger partial charge in [-0.2, -0.15) is 0 Å². The highest BCUT2D eigenvalue weighted by molar-refractivity contribution is 9.10. The number of nitrogens with zero attached hydrogens (tertiary/aromatic N) is 2. The van der Waals surface area contributed by atoms with Crippen molar-refractivity contribution in [1.82, 2.24) is 15.5 Å². The Hall–Kier alpha value is -1.18. The van der Waals surface area contributed by atoms with Crippen LogP contribution in [0, 0.1) is 0 Å². The van der Waals surface area contributed by atoms with Gasteiger partial charge in [-0.05, 0) is 47.1 Å². The van der Waals surface area contributed by atoms with Gasteiger partial charge in [0.15, 0.2) is 0 Å². The minimum Gasteiger partial charge on any atom is -0.497 e. The first kappa shape index (κ1) is 15.2. The highest BCUT2D eigenvalue weighted by Crippen LogP contribution is 2.33. The van der Waals surface area contributed by atoms with Gasteiger partial charge in [0, 0.05) is 6.54 Å². The first-order valence-electron chi connectivity index (χ1n) is 6.27. The molecule has 0 aliphatic rings. The lowest BCUT2D eigenvalue weighted by Gasteiger charge is -2.05. The van der Waals surface area contributed by atoms with Crippen molar-refractivity contribution in [2.75, 3.05) is 13.7 Å². The summed E-state index contributed by atoms with van der Waals surface area (Å²) in [6.07, 6.45) is 1.10. The van der Waals surface area contributed by atoms with Gasteiger partial charge in [0.1, 0.15) is 16.5 Å². The van der Waals surface area contributed by atoms with Gasteiger partial charge in [0.2, 0.25) is 0 Å². The molecule has 0 aliphatic carbocycles. The molecule has 0 fully saturated rings. The number of methoxy groups -OCH3 is 1. The number of hydrogen-bond donors (Lipinski definition) is 1. The lowest BCUT2D eigenvalue weighted by molar-refractivity contribution is 0.412. The normalized spacial score (nSPS) is 10.6. The van der Waals surface area contributed by atoms with Crippen molar-refractivity contribution in [2.45, 2.75) is 19.9 Å². The van der Waals surface area contributed by atoms with Crippen molar-refractivity contribution >= 4 is 27.3 Å². The second kappa shape index (κ2) is 7.56. The number of hydrogen-bond acceptors (Lipinski definition) is 6. The van der Waals surface area contributed by atoms with E-state index in [9.17, 15) is 0 Å². The van der Waals surface area contributed by atoms with Gasteiger partial charge < -0.3 is 14.8 Å². The average molecular weight is 358 g/mol. The number of benzene rings is 1. The summed E-state index contributed by atoms with van der Waals surface area (Å²) in [5, 5.41) is 12.8. The molecule has 0 radical (unpaired) electrons. The minimum atomic E-state index is 0.532. The molecule has 20 heavy (non-hydrogen) atoms. The van der Waals surface area contributed by atoms with Crippen LogP contribution >= 0.6 is 27.3 Å². The Morgan fingerprint density at radius 3 is 2.90 bits per heavy atom. The van der Waals surface area contributed by atoms with E-state index in [1.807, 2.05) is 18.2 Å². The van der Waals surface area contributed by atoms with Crippen LogP contribution in [0.3, 0.4) is 0 Å². The first-order valence-corrected chi connectivity index (χ1v) is 7.88. The van der Waals surface area contributed by atoms with Crippen LogP contribution in [-0.4, -0.2) is 23.9 Å². The lowest BCUT2D eigenvalue weighted by atomic mass is 10.3. The zero-order valence-corrected chi connectivity index (χ0v) is 13.8. The van der Waals surface area contributed by atoms with E-state index in [2.05, 4.69) is 38.4 Å². The van der Waals surface area contributed by atoms with E-state index < -0.39 is 0 Å². The Kier molecular flexibility index (Phi) is 5.75. The molecule has 0 bridgehead atoms. The molecule has 0 atom stereocenters. The predicted molar refractivity (Wildman–Crippen MR) is 82.7 cm³/mol. The molecule has 2 rings (SSSR count). The maximum atomic E-state index is 5.71. The fourth-order valence-corrected chi connectivity index (χ4v) is 2.62. The van der Waals surface area contributed by atoms with E-state index >= 15 is 0 Å². The number of nitrogens with one attached hydrogen (secondary N) is 1. The van der Waals surface area contributed by atoms with Crippen LogP contribution in [0.15, 0.2) is 22.7 Å². The van der Waals surface area contributed by atoms with E-state index in [4.69, 9.17) is 9.47 Å². The Morgan fingerprint density at radius 2 is 2.20 bits per heavy atom. The summed E-state index contributed by atoms with van der Waals surface area (Å²) in [4.78, 5) is 0. The number of rotatable bonds is 7. The fourth-order valence-electron chi connectivity index (χ4n) is 1.51. The zero-order chi connectivity index (χ0) is 14.4. The van der Waals surface area contributed by atoms with Crippen LogP contribution in [0.4, 0.5) is 0 Å². The van der Waals surface area contributed by atoms with Gasteiger partial charge in [0.05, 0.1) is 11.6 Å². The second-order valence-electron chi connectivity index (χ2n) is 4.04. The van der Waals surface area contributed by atoms with Crippen molar-refractivity contribution in [1.29, 1.82) is 0 Å². The quantitative estimate of drug-likeness (QED) is 0.767. The van der Waals surface area contributed by atoms with Gasteiger partial charge in [-0.25, -0.2) is 0 Å². The van der Waals surface area contributed by atoms with Crippen molar-refractivity contribution < 1.29 is 9.47 Å². The molecule has 108 valence electrons. The smallest absolute Gasteiger partial charge is 0.299 e. The summed E-state index contributed by atoms with van der Waals surface area (Å²) >= 11 is 4.88. The van der Waals surface area contributed by atoms with Crippen LogP contribution in [0.1, 0.15) is 18.4 Å². The lowest BCUT2D eigenvalue weighted by Crippen LogP contribution is -2.13. The summed E-state index contributed by atoms with van der Waals surface area (Å²) in [5.41, 5.74) is 0. The van der Waals surface area contributed by atoms with E-state index in [1.54, 1.807) is 7.11 Å². The van der Waals surface area contributed by atoms with Crippen LogP contribution in [0.25, 0.3) is 0 Å². The monoisotopic (exact) mass is 357 g/mol. The average Bonchev–Trinajstić information content (AvgIpc) is 2.89. The van der Waals surface area contributed by atoms with Crippen molar-refractivity contribution in [2.24, 2.45) is 0 Å². The molecule has 1 aromatic heterocycles. The Bertz CT molecular complexity index is 562. The van der Waals surface area contributed by atoms with Crippen molar-refractivity contribution in [3.63, 3.8) is 0 Å². The summed E-state index contributed by atoms with van der Waals surface area (Å²) in [7, 11) is 1.63. The SMILES string of the molecule is CCCNCc1nnc(Oc2ccc(OC)cc2Br)s1. The summed E-state index contributed by atoms with van der Waals surface area (Å²) in [5.74, 6) is 1.46. The van der Waals surface area contributed by atoms with Crippen LogP contribution in [0.2, 0.25) is 0 Å². The van der Waals surface area contributed by atoms with Gasteiger partial charge in [-0.15, -0.1) is 5.10 Å². The molecule has 0 unspecified atom stereocenters. The predicted octanol–water partition coefficient (Wildman–Crippen LogP) is 3.60. The molecule has 0 aliphatic heterocycles. The van der Waals surface area contributed by atoms with Crippen molar-refractivity contribution in [3.05, 3.63) is 27.7 Å². The van der Waals surface area contributed by atoms with Crippen LogP contribution in [-0.2, 0) is 6.54 Å². The third-order valence-corrected chi connectivity index (χ3v) is 3.91. The third-order valence-electron chi connectivity index (χ3n) is 2.49. The minimum absolute atomic E-state index is 0.532. The van der Waals surface area contributed by atoms with Gasteiger partial charge in [0.25, 0.3) is 5.19 Å². The van der Waals surface area contributed by atoms with Crippen LogP contribution < -0.4 is 14.8 Å². The maximum absolute atomic E-state index is 5.71. The summed E-state index contributed by atoms with van der Waals surface area (Å²) < 4.78 is 11.7. The molecular weight excluding hydrogens is 342 g/mol. The van der Waals surface area contributed by atoms with E-state index in [0.29, 0.717) is 10.9 Å². The fraction of sp³-hybridized carbons (Fsp3) is 0.385. The molecule has 0 amide bonds. The summed E-state index contributed by atoms with van der Waals surface area (Å²) in [6, 6.07) is 5.52. The van der Waals surface area contributed by atoms with Crippen molar-refractivity contribution in [3.8, 4) is 16.7 Å². The molecule has 7 heteroatoms. The summed E-state index contributed by atoms with van der Waals surface area (Å²) in [6.45, 7) is 3.82. The Morgan fingerprint density at radius 1 is 1.35 bits per heavy atom. The second-order valence-corrected chi connectivity index (χ2v) is 5.92. The molecule has 1 aromatic carbocycles. The molecule has 1 N–H and O–H groups in total. The molecule has 2 aromatic rings. The Labute approximate surface area is 130 Å². The Balaban J connectivity index is 1.99. The standard InChI is InChI=1S/C13H16BrN3O2S/c1-3-6-15-8-12-16-17-13(20-12)19-11-5-4-9(18-2)7-10(11)14/h4-5,7,15H,3,6,8H2,1-2H3.